The number of benzene rings is 3. The zero-order chi connectivity index (χ0) is 19.5. The van der Waals surface area contributed by atoms with Crippen LogP contribution in [-0.2, 0) is 14.3 Å². The quantitative estimate of drug-likeness (QED) is 0.247. The largest absolute Gasteiger partial charge is 0.481 e. The van der Waals surface area contributed by atoms with E-state index in [0.29, 0.717) is 17.9 Å². The van der Waals surface area contributed by atoms with E-state index in [4.69, 9.17) is 5.11 Å². The zero-order valence-corrected chi connectivity index (χ0v) is 16.7. The standard InChI is InChI=1S/C14H10.C7H12O4S2/c1-2-6-12-10-14-8-4-3-7-13(14)9-11(12)5-1;1-11-7(10)3-5-13-12-4-2-6(8)9/h1-10H;2-5H2,1H3,(H,8,9). The summed E-state index contributed by atoms with van der Waals surface area (Å²) >= 11 is 0. The zero-order valence-electron chi connectivity index (χ0n) is 15.1. The number of rotatable bonds is 7. The van der Waals surface area contributed by atoms with Crippen molar-refractivity contribution in [2.24, 2.45) is 0 Å². The van der Waals surface area contributed by atoms with Crippen LogP contribution in [0.4, 0.5) is 0 Å². The van der Waals surface area contributed by atoms with Crippen LogP contribution in [0.2, 0.25) is 0 Å². The number of carbonyl (C=O) groups excluding carboxylic acids is 1. The van der Waals surface area contributed by atoms with Crippen LogP contribution in [0.3, 0.4) is 0 Å². The van der Waals surface area contributed by atoms with Crippen molar-refractivity contribution in [3.8, 4) is 0 Å². The molecule has 4 nitrogen and oxygen atoms in total. The van der Waals surface area contributed by atoms with Gasteiger partial charge in [-0.05, 0) is 33.7 Å². The summed E-state index contributed by atoms with van der Waals surface area (Å²) in [5.41, 5.74) is 0. The number of carbonyl (C=O) groups is 2. The van der Waals surface area contributed by atoms with Crippen molar-refractivity contribution in [2.45, 2.75) is 12.8 Å². The lowest BCUT2D eigenvalue weighted by molar-refractivity contribution is -0.140. The van der Waals surface area contributed by atoms with E-state index in [9.17, 15) is 9.59 Å². The Labute approximate surface area is 166 Å². The third-order valence-electron chi connectivity index (χ3n) is 3.71. The summed E-state index contributed by atoms with van der Waals surface area (Å²) in [4.78, 5) is 20.7. The SMILES string of the molecule is COC(=O)CCSSCCC(=O)O.c1ccc2cc3ccccc3cc2c1. The molecule has 3 rings (SSSR count). The first-order chi connectivity index (χ1) is 13.1. The smallest absolute Gasteiger partial charge is 0.306 e. The molecule has 0 saturated carbocycles. The first kappa shape index (κ1) is 21.1. The molecule has 0 aliphatic carbocycles. The summed E-state index contributed by atoms with van der Waals surface area (Å²) in [6, 6.07) is 21.4. The second kappa shape index (κ2) is 11.5. The number of hydrogen-bond donors (Lipinski definition) is 1. The van der Waals surface area contributed by atoms with Gasteiger partial charge in [0.25, 0.3) is 0 Å². The second-order valence-electron chi connectivity index (χ2n) is 5.66. The minimum Gasteiger partial charge on any atom is -0.481 e. The summed E-state index contributed by atoms with van der Waals surface area (Å²) in [6.45, 7) is 0. The molecule has 6 heteroatoms. The number of methoxy groups -OCH3 is 1. The average Bonchev–Trinajstić information content (AvgIpc) is 2.69. The molecule has 3 aromatic carbocycles. The lowest BCUT2D eigenvalue weighted by atomic mass is 10.0. The second-order valence-corrected chi connectivity index (χ2v) is 8.36. The summed E-state index contributed by atoms with van der Waals surface area (Å²) in [5, 5.41) is 13.5. The van der Waals surface area contributed by atoms with E-state index >= 15 is 0 Å². The number of ether oxygens (including phenoxy) is 1. The maximum atomic E-state index is 10.6. The number of carboxylic acid groups (broad SMARTS) is 1. The maximum Gasteiger partial charge on any atom is 0.306 e. The molecule has 0 saturated heterocycles. The van der Waals surface area contributed by atoms with Crippen LogP contribution in [0.15, 0.2) is 60.7 Å². The molecule has 27 heavy (non-hydrogen) atoms. The van der Waals surface area contributed by atoms with E-state index in [0.717, 1.165) is 0 Å². The van der Waals surface area contributed by atoms with E-state index in [1.165, 1.54) is 50.2 Å². The summed E-state index contributed by atoms with van der Waals surface area (Å²) in [6.07, 6.45) is 0.539. The van der Waals surface area contributed by atoms with Crippen molar-refractivity contribution in [1.82, 2.24) is 0 Å². The van der Waals surface area contributed by atoms with Gasteiger partial charge >= 0.3 is 11.9 Å². The third kappa shape index (κ3) is 7.53. The van der Waals surface area contributed by atoms with Gasteiger partial charge in [-0.2, -0.15) is 0 Å². The lowest BCUT2D eigenvalue weighted by Crippen LogP contribution is -2.00. The Bertz CT molecular complexity index is 790. The van der Waals surface area contributed by atoms with Crippen molar-refractivity contribution < 1.29 is 19.4 Å². The molecule has 1 N–H and O–H groups in total. The van der Waals surface area contributed by atoms with Gasteiger partial charge < -0.3 is 9.84 Å². The molecule has 0 heterocycles. The monoisotopic (exact) mass is 402 g/mol. The topological polar surface area (TPSA) is 63.6 Å². The minimum atomic E-state index is -0.791. The van der Waals surface area contributed by atoms with E-state index in [1.807, 2.05) is 0 Å². The van der Waals surface area contributed by atoms with Gasteiger partial charge in [0, 0.05) is 11.5 Å². The van der Waals surface area contributed by atoms with Crippen LogP contribution >= 0.6 is 21.6 Å². The van der Waals surface area contributed by atoms with Gasteiger partial charge in [-0.25, -0.2) is 0 Å². The predicted octanol–water partition coefficient (Wildman–Crippen LogP) is 5.40. The molecule has 0 radical (unpaired) electrons. The van der Waals surface area contributed by atoms with Crippen LogP contribution in [-0.4, -0.2) is 35.7 Å². The van der Waals surface area contributed by atoms with Crippen molar-refractivity contribution in [3.63, 3.8) is 0 Å². The molecule has 0 amide bonds. The Morgan fingerprint density at radius 2 is 1.22 bits per heavy atom. The van der Waals surface area contributed by atoms with Crippen molar-refractivity contribution >= 4 is 55.1 Å². The first-order valence-corrected chi connectivity index (χ1v) is 11.0. The summed E-state index contributed by atoms with van der Waals surface area (Å²) in [5.74, 6) is 0.213. The number of esters is 1. The van der Waals surface area contributed by atoms with Gasteiger partial charge in [0.2, 0.25) is 0 Å². The van der Waals surface area contributed by atoms with Crippen LogP contribution in [0.25, 0.3) is 21.5 Å². The van der Waals surface area contributed by atoms with Crippen molar-refractivity contribution in [1.29, 1.82) is 0 Å². The Balaban J connectivity index is 0.000000195. The van der Waals surface area contributed by atoms with E-state index in [2.05, 4.69) is 65.4 Å². The average molecular weight is 403 g/mol. The van der Waals surface area contributed by atoms with Crippen LogP contribution in [0.1, 0.15) is 12.8 Å². The molecule has 0 spiro atoms. The highest BCUT2D eigenvalue weighted by Gasteiger charge is 2.01. The Kier molecular flexibility index (Phi) is 9.01. The first-order valence-electron chi connectivity index (χ1n) is 8.50. The maximum absolute atomic E-state index is 10.6. The van der Waals surface area contributed by atoms with Gasteiger partial charge in [-0.3, -0.25) is 9.59 Å². The van der Waals surface area contributed by atoms with Gasteiger partial charge in [-0.15, -0.1) is 0 Å². The summed E-state index contributed by atoms with van der Waals surface area (Å²) < 4.78 is 4.44. The number of fused-ring (bicyclic) bond motifs is 2. The van der Waals surface area contributed by atoms with Gasteiger partial charge in [-0.1, -0.05) is 70.1 Å². The highest BCUT2D eigenvalue weighted by atomic mass is 33.1. The molecule has 0 aromatic heterocycles. The number of hydrogen-bond acceptors (Lipinski definition) is 5. The van der Waals surface area contributed by atoms with Crippen LogP contribution in [0.5, 0.6) is 0 Å². The van der Waals surface area contributed by atoms with Gasteiger partial charge in [0.05, 0.1) is 20.0 Å². The molecule has 0 aliphatic heterocycles. The van der Waals surface area contributed by atoms with Gasteiger partial charge in [0.1, 0.15) is 0 Å². The fraction of sp³-hybridized carbons (Fsp3) is 0.238. The Hall–Kier alpha value is -2.18. The molecule has 0 aliphatic rings. The van der Waals surface area contributed by atoms with E-state index < -0.39 is 5.97 Å². The fourth-order valence-corrected chi connectivity index (χ4v) is 4.31. The Morgan fingerprint density at radius 3 is 1.59 bits per heavy atom. The predicted molar refractivity (Wildman–Crippen MR) is 115 cm³/mol. The minimum absolute atomic E-state index is 0.163. The van der Waals surface area contributed by atoms with Crippen molar-refractivity contribution in [3.05, 3.63) is 60.7 Å². The normalized spacial score (nSPS) is 10.3. The molecule has 0 bridgehead atoms. The highest BCUT2D eigenvalue weighted by Crippen LogP contribution is 2.23. The molecule has 0 fully saturated rings. The molecule has 0 atom stereocenters. The number of aliphatic carboxylic acids is 1. The highest BCUT2D eigenvalue weighted by molar-refractivity contribution is 8.76. The van der Waals surface area contributed by atoms with Crippen molar-refractivity contribution in [2.75, 3.05) is 18.6 Å². The van der Waals surface area contributed by atoms with E-state index in [-0.39, 0.29) is 12.4 Å². The molecule has 142 valence electrons. The van der Waals surface area contributed by atoms with Gasteiger partial charge in [0.15, 0.2) is 0 Å². The fourth-order valence-electron chi connectivity index (χ4n) is 2.36. The van der Waals surface area contributed by atoms with Crippen LogP contribution < -0.4 is 0 Å². The number of carboxylic acids is 1. The Morgan fingerprint density at radius 1 is 0.815 bits per heavy atom. The molecular formula is C21H22O4S2. The molecular weight excluding hydrogens is 380 g/mol. The lowest BCUT2D eigenvalue weighted by Gasteiger charge is -2.00. The molecule has 0 unspecified atom stereocenters. The third-order valence-corrected chi connectivity index (χ3v) is 6.12. The summed E-state index contributed by atoms with van der Waals surface area (Å²) in [7, 11) is 4.31. The van der Waals surface area contributed by atoms with Crippen LogP contribution in [0, 0.1) is 0 Å². The molecule has 3 aromatic rings. The van der Waals surface area contributed by atoms with E-state index in [1.54, 1.807) is 0 Å².